The summed E-state index contributed by atoms with van der Waals surface area (Å²) in [5.74, 6) is -1.27. The molecule has 0 N–H and O–H groups in total. The number of rotatable bonds is 5. The number of nitrogens with zero attached hydrogens (tertiary/aromatic N) is 3. The lowest BCUT2D eigenvalue weighted by atomic mass is 10.1. The van der Waals surface area contributed by atoms with E-state index in [1.165, 1.54) is 0 Å². The number of ketones is 1. The SMILES string of the molecule is Cc1nnc(SCC(=O)c2cc(F)ccc2F)n1-c1ccccc1. The highest BCUT2D eigenvalue weighted by Crippen LogP contribution is 2.23. The number of benzene rings is 2. The maximum absolute atomic E-state index is 13.7. The van der Waals surface area contributed by atoms with Crippen LogP contribution in [0, 0.1) is 18.6 Å². The number of hydrogen-bond donors (Lipinski definition) is 0. The van der Waals surface area contributed by atoms with Crippen LogP contribution < -0.4 is 0 Å². The quantitative estimate of drug-likeness (QED) is 0.521. The van der Waals surface area contributed by atoms with Crippen LogP contribution in [0.2, 0.25) is 0 Å². The maximum Gasteiger partial charge on any atom is 0.196 e. The molecule has 0 saturated carbocycles. The van der Waals surface area contributed by atoms with E-state index in [4.69, 9.17) is 0 Å². The van der Waals surface area contributed by atoms with Crippen LogP contribution in [0.15, 0.2) is 53.7 Å². The first-order valence-corrected chi connectivity index (χ1v) is 8.13. The molecule has 0 aliphatic heterocycles. The molecular formula is C17H13F2N3OS. The highest BCUT2D eigenvalue weighted by Gasteiger charge is 2.17. The lowest BCUT2D eigenvalue weighted by molar-refractivity contribution is 0.101. The highest BCUT2D eigenvalue weighted by atomic mass is 32.2. The first-order chi connectivity index (χ1) is 11.6. The molecule has 0 bridgehead atoms. The number of aromatic nitrogens is 3. The van der Waals surface area contributed by atoms with E-state index >= 15 is 0 Å². The first-order valence-electron chi connectivity index (χ1n) is 7.15. The summed E-state index contributed by atoms with van der Waals surface area (Å²) in [4.78, 5) is 12.2. The Kier molecular flexibility index (Phi) is 4.71. The predicted molar refractivity (Wildman–Crippen MR) is 87.5 cm³/mol. The Bertz CT molecular complexity index is 881. The molecule has 24 heavy (non-hydrogen) atoms. The number of para-hydroxylation sites is 1. The van der Waals surface area contributed by atoms with Gasteiger partial charge in [-0.05, 0) is 37.3 Å². The maximum atomic E-state index is 13.7. The van der Waals surface area contributed by atoms with Crippen molar-refractivity contribution in [1.29, 1.82) is 0 Å². The van der Waals surface area contributed by atoms with Gasteiger partial charge in [0.15, 0.2) is 10.9 Å². The summed E-state index contributed by atoms with van der Waals surface area (Å²) in [7, 11) is 0. The molecular weight excluding hydrogens is 332 g/mol. The van der Waals surface area contributed by atoms with Gasteiger partial charge in [-0.2, -0.15) is 0 Å². The minimum absolute atomic E-state index is 0.0641. The number of halogens is 2. The summed E-state index contributed by atoms with van der Waals surface area (Å²) >= 11 is 1.13. The van der Waals surface area contributed by atoms with Gasteiger partial charge in [0.25, 0.3) is 0 Å². The molecule has 7 heteroatoms. The van der Waals surface area contributed by atoms with Gasteiger partial charge < -0.3 is 0 Å². The molecule has 3 rings (SSSR count). The van der Waals surface area contributed by atoms with Gasteiger partial charge in [-0.1, -0.05) is 30.0 Å². The van der Waals surface area contributed by atoms with Crippen LogP contribution in [-0.2, 0) is 0 Å². The Hall–Kier alpha value is -2.54. The molecule has 0 saturated heterocycles. The largest absolute Gasteiger partial charge is 0.293 e. The number of hydrogen-bond acceptors (Lipinski definition) is 4. The smallest absolute Gasteiger partial charge is 0.196 e. The van der Waals surface area contributed by atoms with Crippen molar-refractivity contribution in [3.8, 4) is 5.69 Å². The molecule has 0 radical (unpaired) electrons. The van der Waals surface area contributed by atoms with Crippen LogP contribution in [0.5, 0.6) is 0 Å². The summed E-state index contributed by atoms with van der Waals surface area (Å²) in [6.07, 6.45) is 0. The average molecular weight is 345 g/mol. The second kappa shape index (κ2) is 6.92. The van der Waals surface area contributed by atoms with Crippen molar-refractivity contribution in [2.24, 2.45) is 0 Å². The highest BCUT2D eigenvalue weighted by molar-refractivity contribution is 7.99. The molecule has 1 aromatic heterocycles. The molecule has 0 unspecified atom stereocenters. The lowest BCUT2D eigenvalue weighted by Gasteiger charge is -2.08. The van der Waals surface area contributed by atoms with E-state index < -0.39 is 17.4 Å². The zero-order valence-corrected chi connectivity index (χ0v) is 13.6. The molecule has 4 nitrogen and oxygen atoms in total. The molecule has 0 amide bonds. The van der Waals surface area contributed by atoms with Gasteiger partial charge in [-0.3, -0.25) is 9.36 Å². The number of Topliss-reactive ketones (excluding diaryl/α,β-unsaturated/α-hetero) is 1. The molecule has 3 aromatic rings. The van der Waals surface area contributed by atoms with Crippen molar-refractivity contribution in [2.45, 2.75) is 12.1 Å². The molecule has 0 spiro atoms. The van der Waals surface area contributed by atoms with Crippen LogP contribution in [0.4, 0.5) is 8.78 Å². The minimum atomic E-state index is -0.734. The van der Waals surface area contributed by atoms with Crippen molar-refractivity contribution < 1.29 is 13.6 Å². The van der Waals surface area contributed by atoms with Gasteiger partial charge in [0, 0.05) is 5.69 Å². The first kappa shape index (κ1) is 16.3. The van der Waals surface area contributed by atoms with E-state index in [2.05, 4.69) is 10.2 Å². The van der Waals surface area contributed by atoms with Gasteiger partial charge in [0.2, 0.25) is 0 Å². The van der Waals surface area contributed by atoms with Gasteiger partial charge in [-0.25, -0.2) is 8.78 Å². The Balaban J connectivity index is 1.81. The Labute approximate surface area is 141 Å². The van der Waals surface area contributed by atoms with Crippen LogP contribution >= 0.6 is 11.8 Å². The monoisotopic (exact) mass is 345 g/mol. The Morgan fingerprint density at radius 1 is 1.12 bits per heavy atom. The van der Waals surface area contributed by atoms with Crippen molar-refractivity contribution in [3.63, 3.8) is 0 Å². The number of carbonyl (C=O) groups excluding carboxylic acids is 1. The van der Waals surface area contributed by atoms with Crippen molar-refractivity contribution in [2.75, 3.05) is 5.75 Å². The second-order valence-corrected chi connectivity index (χ2v) is 5.98. The van der Waals surface area contributed by atoms with Crippen LogP contribution in [0.3, 0.4) is 0 Å². The summed E-state index contributed by atoms with van der Waals surface area (Å²) in [6.45, 7) is 1.80. The molecule has 1 heterocycles. The average Bonchev–Trinajstić information content (AvgIpc) is 2.96. The Morgan fingerprint density at radius 2 is 1.88 bits per heavy atom. The van der Waals surface area contributed by atoms with Crippen molar-refractivity contribution >= 4 is 17.5 Å². The van der Waals surface area contributed by atoms with Crippen LogP contribution in [0.1, 0.15) is 16.2 Å². The third-order valence-corrected chi connectivity index (χ3v) is 4.30. The predicted octanol–water partition coefficient (Wildman–Crippen LogP) is 3.83. The van der Waals surface area contributed by atoms with Crippen LogP contribution in [0.25, 0.3) is 5.69 Å². The molecule has 0 aliphatic rings. The van der Waals surface area contributed by atoms with E-state index in [1.54, 1.807) is 11.5 Å². The third-order valence-electron chi connectivity index (χ3n) is 3.37. The van der Waals surface area contributed by atoms with E-state index in [-0.39, 0.29) is 11.3 Å². The Morgan fingerprint density at radius 3 is 2.62 bits per heavy atom. The van der Waals surface area contributed by atoms with E-state index in [0.29, 0.717) is 11.0 Å². The van der Waals surface area contributed by atoms with Crippen molar-refractivity contribution in [3.05, 3.63) is 71.6 Å². The van der Waals surface area contributed by atoms with E-state index in [9.17, 15) is 13.6 Å². The molecule has 0 atom stereocenters. The van der Waals surface area contributed by atoms with Gasteiger partial charge in [-0.15, -0.1) is 10.2 Å². The fraction of sp³-hybridized carbons (Fsp3) is 0.118. The van der Waals surface area contributed by atoms with Gasteiger partial charge >= 0.3 is 0 Å². The third kappa shape index (κ3) is 3.35. The molecule has 2 aromatic carbocycles. The number of thioether (sulfide) groups is 1. The number of aryl methyl sites for hydroxylation is 1. The fourth-order valence-corrected chi connectivity index (χ4v) is 3.11. The fourth-order valence-electron chi connectivity index (χ4n) is 2.23. The summed E-state index contributed by atoms with van der Waals surface area (Å²) in [6, 6.07) is 12.3. The zero-order valence-electron chi connectivity index (χ0n) is 12.7. The van der Waals surface area contributed by atoms with Gasteiger partial charge in [0.1, 0.15) is 17.5 Å². The lowest BCUT2D eigenvalue weighted by Crippen LogP contribution is -2.07. The van der Waals surface area contributed by atoms with Crippen molar-refractivity contribution in [1.82, 2.24) is 14.8 Å². The number of carbonyl (C=O) groups is 1. The van der Waals surface area contributed by atoms with E-state index in [0.717, 1.165) is 35.6 Å². The molecule has 0 aliphatic carbocycles. The van der Waals surface area contributed by atoms with Gasteiger partial charge in [0.05, 0.1) is 11.3 Å². The minimum Gasteiger partial charge on any atom is -0.293 e. The topological polar surface area (TPSA) is 47.8 Å². The second-order valence-electron chi connectivity index (χ2n) is 5.04. The van der Waals surface area contributed by atoms with E-state index in [1.807, 2.05) is 30.3 Å². The normalized spacial score (nSPS) is 10.8. The summed E-state index contributed by atoms with van der Waals surface area (Å²) in [5, 5.41) is 8.59. The van der Waals surface area contributed by atoms with Crippen LogP contribution in [-0.4, -0.2) is 26.3 Å². The molecule has 122 valence electrons. The zero-order chi connectivity index (χ0) is 17.1. The molecule has 0 fully saturated rings. The standard InChI is InChI=1S/C17H13F2N3OS/c1-11-20-21-17(22(11)13-5-3-2-4-6-13)24-10-16(23)14-9-12(18)7-8-15(14)19/h2-9H,10H2,1H3. The summed E-state index contributed by atoms with van der Waals surface area (Å²) in [5.41, 5.74) is 0.608. The summed E-state index contributed by atoms with van der Waals surface area (Å²) < 4.78 is 28.7.